The van der Waals surface area contributed by atoms with Gasteiger partial charge in [-0.3, -0.25) is 0 Å². The molecule has 6 heteroatoms. The van der Waals surface area contributed by atoms with Gasteiger partial charge in [-0.1, -0.05) is 0 Å². The molecule has 2 aliphatic heterocycles. The van der Waals surface area contributed by atoms with Gasteiger partial charge >= 0.3 is 0 Å². The number of ether oxygens (including phenoxy) is 1. The van der Waals surface area contributed by atoms with Gasteiger partial charge in [0, 0.05) is 19.6 Å². The lowest BCUT2D eigenvalue weighted by molar-refractivity contribution is 0.337. The van der Waals surface area contributed by atoms with E-state index in [2.05, 4.69) is 5.32 Å². The zero-order valence-corrected chi connectivity index (χ0v) is 13.2. The summed E-state index contributed by atoms with van der Waals surface area (Å²) in [5.74, 6) is 0.703. The van der Waals surface area contributed by atoms with Gasteiger partial charge in [-0.2, -0.15) is 4.31 Å². The molecule has 5 nitrogen and oxygen atoms in total. The monoisotopic (exact) mass is 310 g/mol. The molecule has 1 atom stereocenters. The normalized spacial score (nSPS) is 26.5. The van der Waals surface area contributed by atoms with Gasteiger partial charge in [0.1, 0.15) is 5.75 Å². The van der Waals surface area contributed by atoms with Crippen LogP contribution < -0.4 is 10.1 Å². The van der Waals surface area contributed by atoms with E-state index in [1.54, 1.807) is 28.6 Å². The smallest absolute Gasteiger partial charge is 0.243 e. The van der Waals surface area contributed by atoms with Crippen molar-refractivity contribution in [3.8, 4) is 5.75 Å². The van der Waals surface area contributed by atoms with Gasteiger partial charge in [0.2, 0.25) is 10.0 Å². The van der Waals surface area contributed by atoms with E-state index >= 15 is 0 Å². The topological polar surface area (TPSA) is 58.6 Å². The van der Waals surface area contributed by atoms with Crippen molar-refractivity contribution in [2.45, 2.75) is 24.7 Å². The Hall–Kier alpha value is -1.11. The van der Waals surface area contributed by atoms with Crippen molar-refractivity contribution in [3.05, 3.63) is 24.3 Å². The third-order valence-electron chi connectivity index (χ3n) is 4.51. The number of hydrogen-bond acceptors (Lipinski definition) is 4. The average molecular weight is 310 g/mol. The third-order valence-corrected chi connectivity index (χ3v) is 6.37. The second-order valence-electron chi connectivity index (χ2n) is 5.92. The second-order valence-corrected chi connectivity index (χ2v) is 7.86. The fraction of sp³-hybridized carbons (Fsp3) is 0.600. The number of nitrogens with zero attached hydrogens (tertiary/aromatic N) is 1. The summed E-state index contributed by atoms with van der Waals surface area (Å²) < 4.78 is 32.4. The van der Waals surface area contributed by atoms with Crippen molar-refractivity contribution < 1.29 is 13.2 Å². The number of hydrogen-bond donors (Lipinski definition) is 1. The molecule has 21 heavy (non-hydrogen) atoms. The number of rotatable bonds is 4. The average Bonchev–Trinajstić information content (AvgIpc) is 3.11. The molecule has 2 aliphatic rings. The number of sulfonamides is 1. The first kappa shape index (κ1) is 14.8. The van der Waals surface area contributed by atoms with Gasteiger partial charge < -0.3 is 10.1 Å². The summed E-state index contributed by atoms with van der Waals surface area (Å²) in [6.45, 7) is 5.67. The Morgan fingerprint density at radius 1 is 1.29 bits per heavy atom. The predicted molar refractivity (Wildman–Crippen MR) is 80.9 cm³/mol. The van der Waals surface area contributed by atoms with Crippen LogP contribution in [0.4, 0.5) is 0 Å². The molecule has 116 valence electrons. The van der Waals surface area contributed by atoms with Crippen LogP contribution in [-0.4, -0.2) is 45.5 Å². The van der Waals surface area contributed by atoms with Crippen LogP contribution in [0.1, 0.15) is 19.8 Å². The maximum absolute atomic E-state index is 12.7. The maximum Gasteiger partial charge on any atom is 0.243 e. The molecule has 1 spiro atoms. The number of benzene rings is 1. The molecule has 2 fully saturated rings. The zero-order valence-electron chi connectivity index (χ0n) is 12.3. The van der Waals surface area contributed by atoms with Crippen molar-refractivity contribution in [1.29, 1.82) is 0 Å². The van der Waals surface area contributed by atoms with E-state index in [0.717, 1.165) is 25.9 Å². The molecule has 1 N–H and O–H groups in total. The molecular weight excluding hydrogens is 288 g/mol. The summed E-state index contributed by atoms with van der Waals surface area (Å²) in [7, 11) is -3.38. The van der Waals surface area contributed by atoms with Crippen LogP contribution in [0.2, 0.25) is 0 Å². The summed E-state index contributed by atoms with van der Waals surface area (Å²) >= 11 is 0. The molecule has 0 aromatic heterocycles. The molecule has 0 amide bonds. The van der Waals surface area contributed by atoms with E-state index < -0.39 is 10.0 Å². The van der Waals surface area contributed by atoms with E-state index in [9.17, 15) is 8.42 Å². The third kappa shape index (κ3) is 2.80. The molecular formula is C15H22N2O3S. The van der Waals surface area contributed by atoms with E-state index in [4.69, 9.17) is 4.74 Å². The molecule has 3 rings (SSSR count). The first-order chi connectivity index (χ1) is 10.1. The van der Waals surface area contributed by atoms with E-state index in [1.165, 1.54) is 0 Å². The van der Waals surface area contributed by atoms with E-state index in [-0.39, 0.29) is 5.41 Å². The van der Waals surface area contributed by atoms with Gasteiger partial charge in [-0.25, -0.2) is 8.42 Å². The highest BCUT2D eigenvalue weighted by Crippen LogP contribution is 2.38. The van der Waals surface area contributed by atoms with Gasteiger partial charge in [0.15, 0.2) is 0 Å². The predicted octanol–water partition coefficient (Wildman–Crippen LogP) is 1.46. The number of nitrogens with one attached hydrogen (secondary N) is 1. The highest BCUT2D eigenvalue weighted by molar-refractivity contribution is 7.89. The van der Waals surface area contributed by atoms with Crippen LogP contribution in [0, 0.1) is 5.41 Å². The minimum Gasteiger partial charge on any atom is -0.494 e. The lowest BCUT2D eigenvalue weighted by atomic mass is 9.87. The highest BCUT2D eigenvalue weighted by atomic mass is 32.2. The lowest BCUT2D eigenvalue weighted by Gasteiger charge is -2.22. The van der Waals surface area contributed by atoms with Crippen molar-refractivity contribution in [3.63, 3.8) is 0 Å². The standard InChI is InChI=1S/C15H22N2O3S/c1-2-20-13-3-5-14(6-4-13)21(18,19)17-10-8-15(12-17)7-9-16-11-15/h3-6,16H,2,7-12H2,1H3. The minimum atomic E-state index is -3.38. The van der Waals surface area contributed by atoms with Crippen molar-refractivity contribution in [2.24, 2.45) is 5.41 Å². The van der Waals surface area contributed by atoms with Crippen LogP contribution in [-0.2, 0) is 10.0 Å². The molecule has 0 aliphatic carbocycles. The van der Waals surface area contributed by atoms with E-state index in [1.807, 2.05) is 6.92 Å². The van der Waals surface area contributed by atoms with Gasteiger partial charge in [0.05, 0.1) is 11.5 Å². The summed E-state index contributed by atoms with van der Waals surface area (Å²) in [5.41, 5.74) is 0.151. The molecule has 2 saturated heterocycles. The SMILES string of the molecule is CCOc1ccc(S(=O)(=O)N2CCC3(CCNC3)C2)cc1. The fourth-order valence-electron chi connectivity index (χ4n) is 3.27. The minimum absolute atomic E-state index is 0.151. The van der Waals surface area contributed by atoms with E-state index in [0.29, 0.717) is 30.3 Å². The van der Waals surface area contributed by atoms with Gasteiger partial charge in [0.25, 0.3) is 0 Å². The lowest BCUT2D eigenvalue weighted by Crippen LogP contribution is -2.33. The van der Waals surface area contributed by atoms with Crippen LogP contribution in [0.3, 0.4) is 0 Å². The highest BCUT2D eigenvalue weighted by Gasteiger charge is 2.44. The first-order valence-electron chi connectivity index (χ1n) is 7.50. The van der Waals surface area contributed by atoms with Crippen molar-refractivity contribution in [2.75, 3.05) is 32.8 Å². The van der Waals surface area contributed by atoms with Crippen molar-refractivity contribution in [1.82, 2.24) is 9.62 Å². The summed E-state index contributed by atoms with van der Waals surface area (Å²) in [6.07, 6.45) is 2.03. The largest absolute Gasteiger partial charge is 0.494 e. The van der Waals surface area contributed by atoms with Crippen LogP contribution in [0.25, 0.3) is 0 Å². The fourth-order valence-corrected chi connectivity index (χ4v) is 4.82. The summed E-state index contributed by atoms with van der Waals surface area (Å²) in [6, 6.07) is 6.72. The molecule has 1 aromatic carbocycles. The summed E-state index contributed by atoms with van der Waals surface area (Å²) in [4.78, 5) is 0.356. The second kappa shape index (κ2) is 5.59. The molecule has 2 heterocycles. The molecule has 0 radical (unpaired) electrons. The van der Waals surface area contributed by atoms with Crippen LogP contribution in [0.15, 0.2) is 29.2 Å². The molecule has 1 unspecified atom stereocenters. The maximum atomic E-state index is 12.7. The Morgan fingerprint density at radius 3 is 2.67 bits per heavy atom. The Morgan fingerprint density at radius 2 is 2.05 bits per heavy atom. The van der Waals surface area contributed by atoms with Crippen LogP contribution >= 0.6 is 0 Å². The first-order valence-corrected chi connectivity index (χ1v) is 8.94. The molecule has 1 aromatic rings. The van der Waals surface area contributed by atoms with Gasteiger partial charge in [-0.15, -0.1) is 0 Å². The Labute approximate surface area is 126 Å². The Kier molecular flexibility index (Phi) is 3.94. The van der Waals surface area contributed by atoms with Crippen molar-refractivity contribution >= 4 is 10.0 Å². The van der Waals surface area contributed by atoms with Crippen LogP contribution in [0.5, 0.6) is 5.75 Å². The van der Waals surface area contributed by atoms with Gasteiger partial charge in [-0.05, 0) is 56.0 Å². The Balaban J connectivity index is 1.77. The zero-order chi connectivity index (χ0) is 14.9. The Bertz CT molecular complexity index is 592. The quantitative estimate of drug-likeness (QED) is 0.915. The summed E-state index contributed by atoms with van der Waals surface area (Å²) in [5, 5.41) is 3.35. The molecule has 0 bridgehead atoms. The molecule has 0 saturated carbocycles.